The second kappa shape index (κ2) is 4.09. The van der Waals surface area contributed by atoms with Crippen molar-refractivity contribution in [2.45, 2.75) is 6.16 Å². The first-order chi connectivity index (χ1) is 5.38. The van der Waals surface area contributed by atoms with Gasteiger partial charge in [-0.15, -0.1) is 0 Å². The Labute approximate surface area is 67.4 Å². The van der Waals surface area contributed by atoms with E-state index in [-0.39, 0.29) is 8.46 Å². The molecule has 0 amide bonds. The molecule has 0 radical (unpaired) electrons. The molecular formula is C8H9O2P. The van der Waals surface area contributed by atoms with Gasteiger partial charge in [0.15, 0.2) is 8.46 Å². The maximum atomic E-state index is 10.3. The van der Waals surface area contributed by atoms with Crippen LogP contribution in [0.15, 0.2) is 24.3 Å². The number of benzene rings is 1. The maximum absolute atomic E-state index is 10.3. The molecule has 0 bridgehead atoms. The summed E-state index contributed by atoms with van der Waals surface area (Å²) < 4.78 is 15.3. The van der Waals surface area contributed by atoms with Gasteiger partial charge in [0.2, 0.25) is 0 Å². The fraction of sp³-hybridized carbons (Fsp3) is 0.250. The van der Waals surface area contributed by atoms with Gasteiger partial charge in [-0.25, -0.2) is 0 Å². The van der Waals surface area contributed by atoms with E-state index in [4.69, 9.17) is 4.74 Å². The van der Waals surface area contributed by atoms with Gasteiger partial charge in [0.05, 0.1) is 13.3 Å². The summed E-state index contributed by atoms with van der Waals surface area (Å²) in [5.74, 6) is 0.802. The summed E-state index contributed by atoms with van der Waals surface area (Å²) in [7, 11) is 1.74. The fourth-order valence-corrected chi connectivity index (χ4v) is 1.30. The van der Waals surface area contributed by atoms with E-state index in [1.54, 1.807) is 7.11 Å². The van der Waals surface area contributed by atoms with Crippen molar-refractivity contribution in [1.82, 2.24) is 0 Å². The van der Waals surface area contributed by atoms with E-state index in [2.05, 4.69) is 0 Å². The predicted molar refractivity (Wildman–Crippen MR) is 44.3 cm³/mol. The van der Waals surface area contributed by atoms with Crippen LogP contribution in [0.5, 0.6) is 5.75 Å². The normalized spacial score (nSPS) is 9.91. The lowest BCUT2D eigenvalue weighted by Gasteiger charge is -2.02. The van der Waals surface area contributed by atoms with Crippen LogP contribution in [-0.4, -0.2) is 7.11 Å². The first kappa shape index (κ1) is 8.22. The Hall–Kier alpha value is -0.880. The van der Waals surface area contributed by atoms with Gasteiger partial charge in [-0.05, 0) is 6.07 Å². The Morgan fingerprint density at radius 2 is 2.18 bits per heavy atom. The number of hydrogen-bond donors (Lipinski definition) is 0. The molecule has 58 valence electrons. The van der Waals surface area contributed by atoms with Crippen LogP contribution in [0, 0.1) is 0 Å². The topological polar surface area (TPSA) is 26.3 Å². The molecule has 1 aromatic carbocycles. The lowest BCUT2D eigenvalue weighted by molar-refractivity contribution is 0.411. The van der Waals surface area contributed by atoms with Gasteiger partial charge in [-0.3, -0.25) is 4.57 Å². The van der Waals surface area contributed by atoms with Gasteiger partial charge in [-0.2, -0.15) is 0 Å². The number of para-hydroxylation sites is 1. The van der Waals surface area contributed by atoms with Crippen LogP contribution >= 0.6 is 8.46 Å². The molecule has 3 heteroatoms. The molecule has 0 saturated heterocycles. The van der Waals surface area contributed by atoms with E-state index in [0.717, 1.165) is 11.3 Å². The molecule has 0 fully saturated rings. The van der Waals surface area contributed by atoms with Crippen LogP contribution in [0.2, 0.25) is 0 Å². The first-order valence-electron chi connectivity index (χ1n) is 3.29. The van der Waals surface area contributed by atoms with E-state index in [0.29, 0.717) is 6.16 Å². The molecule has 0 aliphatic rings. The average Bonchev–Trinajstić information content (AvgIpc) is 2.06. The molecule has 1 rings (SSSR count). The summed E-state index contributed by atoms with van der Waals surface area (Å²) in [6.07, 6.45) is 0.518. The van der Waals surface area contributed by atoms with Crippen LogP contribution in [0.3, 0.4) is 0 Å². The third-order valence-electron chi connectivity index (χ3n) is 1.43. The maximum Gasteiger partial charge on any atom is 0.160 e. The number of hydrogen-bond acceptors (Lipinski definition) is 2. The summed E-state index contributed by atoms with van der Waals surface area (Å²) in [6.45, 7) is 0. The molecule has 2 nitrogen and oxygen atoms in total. The molecule has 0 heterocycles. The van der Waals surface area contributed by atoms with Crippen LogP contribution in [-0.2, 0) is 10.7 Å². The number of ether oxygens (including phenoxy) is 1. The molecule has 0 aliphatic heterocycles. The zero-order valence-electron chi connectivity index (χ0n) is 6.28. The van der Waals surface area contributed by atoms with Gasteiger partial charge in [0.25, 0.3) is 0 Å². The second-order valence-electron chi connectivity index (χ2n) is 2.10. The van der Waals surface area contributed by atoms with E-state index >= 15 is 0 Å². The molecule has 0 atom stereocenters. The largest absolute Gasteiger partial charge is 0.496 e. The van der Waals surface area contributed by atoms with E-state index < -0.39 is 0 Å². The summed E-state index contributed by atoms with van der Waals surface area (Å²) in [4.78, 5) is 0. The lowest BCUT2D eigenvalue weighted by atomic mass is 10.2. The third kappa shape index (κ3) is 2.02. The van der Waals surface area contributed by atoms with E-state index in [1.165, 1.54) is 0 Å². The Balaban J connectivity index is 2.92. The van der Waals surface area contributed by atoms with Gasteiger partial charge >= 0.3 is 0 Å². The molecule has 0 saturated carbocycles. The standard InChI is InChI=1S/C8H9O2P/c1-10-8-5-3-2-4-7(8)6-11-9/h2-5H,6H2,1H3. The predicted octanol–water partition coefficient (Wildman–Crippen LogP) is 2.49. The van der Waals surface area contributed by atoms with Crippen molar-refractivity contribution in [3.05, 3.63) is 29.8 Å². The smallest absolute Gasteiger partial charge is 0.160 e. The molecular weight excluding hydrogens is 159 g/mol. The van der Waals surface area contributed by atoms with Crippen molar-refractivity contribution in [3.8, 4) is 5.75 Å². The van der Waals surface area contributed by atoms with Crippen molar-refractivity contribution in [1.29, 1.82) is 0 Å². The first-order valence-corrected chi connectivity index (χ1v) is 4.29. The minimum absolute atomic E-state index is 0.129. The van der Waals surface area contributed by atoms with Crippen molar-refractivity contribution >= 4 is 8.46 Å². The molecule has 0 unspecified atom stereocenters. The van der Waals surface area contributed by atoms with Crippen molar-refractivity contribution in [3.63, 3.8) is 0 Å². The minimum Gasteiger partial charge on any atom is -0.496 e. The molecule has 1 aromatic rings. The monoisotopic (exact) mass is 168 g/mol. The highest BCUT2D eigenvalue weighted by Crippen LogP contribution is 2.20. The average molecular weight is 168 g/mol. The van der Waals surface area contributed by atoms with E-state index in [9.17, 15) is 4.57 Å². The zero-order valence-corrected chi connectivity index (χ0v) is 7.17. The summed E-state index contributed by atoms with van der Waals surface area (Å²) in [5.41, 5.74) is 0.978. The minimum atomic E-state index is 0.129. The summed E-state index contributed by atoms with van der Waals surface area (Å²) in [6, 6.07) is 7.57. The molecule has 0 spiro atoms. The zero-order chi connectivity index (χ0) is 8.10. The second-order valence-corrected chi connectivity index (χ2v) is 2.67. The molecule has 11 heavy (non-hydrogen) atoms. The molecule has 0 N–H and O–H groups in total. The SMILES string of the molecule is COc1ccccc1CP=O. The molecule has 0 aliphatic carbocycles. The Morgan fingerprint density at radius 3 is 2.82 bits per heavy atom. The lowest BCUT2D eigenvalue weighted by Crippen LogP contribution is -1.87. The highest BCUT2D eigenvalue weighted by molar-refractivity contribution is 7.22. The summed E-state index contributed by atoms with van der Waals surface area (Å²) >= 11 is 0. The fourth-order valence-electron chi connectivity index (χ4n) is 0.903. The van der Waals surface area contributed by atoms with Crippen molar-refractivity contribution in [2.24, 2.45) is 0 Å². The third-order valence-corrected chi connectivity index (χ3v) is 1.90. The van der Waals surface area contributed by atoms with Crippen molar-refractivity contribution < 1.29 is 9.30 Å². The van der Waals surface area contributed by atoms with Gasteiger partial charge < -0.3 is 4.74 Å². The summed E-state index contributed by atoms with van der Waals surface area (Å²) in [5, 5.41) is 0. The van der Waals surface area contributed by atoms with Gasteiger partial charge in [0, 0.05) is 5.56 Å². The van der Waals surface area contributed by atoms with E-state index in [1.807, 2.05) is 24.3 Å². The van der Waals surface area contributed by atoms with Crippen LogP contribution in [0.4, 0.5) is 0 Å². The van der Waals surface area contributed by atoms with Crippen molar-refractivity contribution in [2.75, 3.05) is 7.11 Å². The number of methoxy groups -OCH3 is 1. The van der Waals surface area contributed by atoms with Gasteiger partial charge in [-0.1, -0.05) is 18.2 Å². The Bertz CT molecular complexity index is 248. The highest BCUT2D eigenvalue weighted by Gasteiger charge is 1.98. The van der Waals surface area contributed by atoms with Gasteiger partial charge in [0.1, 0.15) is 5.75 Å². The Kier molecular flexibility index (Phi) is 3.06. The molecule has 0 aromatic heterocycles. The quantitative estimate of drug-likeness (QED) is 0.648. The Morgan fingerprint density at radius 1 is 1.45 bits per heavy atom. The van der Waals surface area contributed by atoms with Crippen LogP contribution < -0.4 is 4.74 Å². The number of rotatable bonds is 3. The van der Waals surface area contributed by atoms with Crippen LogP contribution in [0.25, 0.3) is 0 Å². The van der Waals surface area contributed by atoms with Crippen LogP contribution in [0.1, 0.15) is 5.56 Å². The highest BCUT2D eigenvalue weighted by atomic mass is 31.1.